The van der Waals surface area contributed by atoms with Crippen LogP contribution in [0.15, 0.2) is 0 Å². The Hall–Kier alpha value is -0.860. The van der Waals surface area contributed by atoms with Crippen LogP contribution in [0.25, 0.3) is 0 Å². The molecule has 0 aromatic heterocycles. The molecule has 0 N–H and O–H groups in total. The molecular formula is C12H20O3. The molecule has 0 radical (unpaired) electrons. The number of carbonyl (C=O) groups excluding carboxylic acids is 2. The van der Waals surface area contributed by atoms with Gasteiger partial charge in [-0.25, -0.2) is 0 Å². The Morgan fingerprint density at radius 1 is 1.60 bits per heavy atom. The van der Waals surface area contributed by atoms with Crippen molar-refractivity contribution in [3.05, 3.63) is 0 Å². The summed E-state index contributed by atoms with van der Waals surface area (Å²) in [6, 6.07) is 0. The molecule has 1 fully saturated rings. The Bertz CT molecular complexity index is 247. The van der Waals surface area contributed by atoms with Crippen molar-refractivity contribution in [1.82, 2.24) is 0 Å². The fourth-order valence-electron chi connectivity index (χ4n) is 2.63. The van der Waals surface area contributed by atoms with Crippen LogP contribution < -0.4 is 0 Å². The van der Waals surface area contributed by atoms with Crippen molar-refractivity contribution in [3.63, 3.8) is 0 Å². The molecule has 15 heavy (non-hydrogen) atoms. The Morgan fingerprint density at radius 3 is 2.80 bits per heavy atom. The molecule has 86 valence electrons. The minimum absolute atomic E-state index is 0.0628. The first-order chi connectivity index (χ1) is 7.11. The van der Waals surface area contributed by atoms with Crippen molar-refractivity contribution in [2.45, 2.75) is 39.5 Å². The Morgan fingerprint density at radius 2 is 2.27 bits per heavy atom. The number of Topliss-reactive ketones (excluding diaryl/α,β-unsaturated/α-hetero) is 1. The van der Waals surface area contributed by atoms with Crippen LogP contribution in [-0.4, -0.2) is 18.9 Å². The monoisotopic (exact) mass is 212 g/mol. The first-order valence-corrected chi connectivity index (χ1v) is 5.72. The second-order valence-corrected chi connectivity index (χ2v) is 4.35. The van der Waals surface area contributed by atoms with E-state index < -0.39 is 0 Å². The molecule has 3 atom stereocenters. The van der Waals surface area contributed by atoms with Gasteiger partial charge in [0.15, 0.2) is 0 Å². The second-order valence-electron chi connectivity index (χ2n) is 4.35. The van der Waals surface area contributed by atoms with Crippen molar-refractivity contribution in [1.29, 1.82) is 0 Å². The highest BCUT2D eigenvalue weighted by Crippen LogP contribution is 2.35. The molecule has 0 aromatic carbocycles. The van der Waals surface area contributed by atoms with Crippen LogP contribution in [0.3, 0.4) is 0 Å². The maximum Gasteiger partial charge on any atom is 0.308 e. The van der Waals surface area contributed by atoms with Gasteiger partial charge in [-0.05, 0) is 25.2 Å². The predicted octanol–water partition coefficient (Wildman–Crippen LogP) is 2.19. The summed E-state index contributed by atoms with van der Waals surface area (Å²) in [7, 11) is 1.41. The smallest absolute Gasteiger partial charge is 0.308 e. The zero-order chi connectivity index (χ0) is 11.4. The zero-order valence-electron chi connectivity index (χ0n) is 9.79. The van der Waals surface area contributed by atoms with Crippen LogP contribution in [0.2, 0.25) is 0 Å². The quantitative estimate of drug-likeness (QED) is 0.673. The van der Waals surface area contributed by atoms with E-state index in [4.69, 9.17) is 4.74 Å². The Balaban J connectivity index is 2.73. The molecule has 3 heteroatoms. The summed E-state index contributed by atoms with van der Waals surface area (Å²) < 4.78 is 4.74. The van der Waals surface area contributed by atoms with Crippen molar-refractivity contribution in [2.24, 2.45) is 17.8 Å². The summed E-state index contributed by atoms with van der Waals surface area (Å²) >= 11 is 0. The van der Waals surface area contributed by atoms with E-state index in [2.05, 4.69) is 0 Å². The second kappa shape index (κ2) is 5.29. The van der Waals surface area contributed by atoms with E-state index in [-0.39, 0.29) is 23.7 Å². The lowest BCUT2D eigenvalue weighted by molar-refractivity contribution is -0.149. The first-order valence-electron chi connectivity index (χ1n) is 5.72. The van der Waals surface area contributed by atoms with Crippen LogP contribution in [0, 0.1) is 17.8 Å². The Kier molecular flexibility index (Phi) is 4.30. The summed E-state index contributed by atoms with van der Waals surface area (Å²) in [5, 5.41) is 0. The van der Waals surface area contributed by atoms with Crippen molar-refractivity contribution < 1.29 is 14.3 Å². The van der Waals surface area contributed by atoms with Crippen LogP contribution in [0.5, 0.6) is 0 Å². The summed E-state index contributed by atoms with van der Waals surface area (Å²) in [6.45, 7) is 3.89. The number of hydrogen-bond donors (Lipinski definition) is 0. The number of ether oxygens (including phenoxy) is 1. The number of carbonyl (C=O) groups is 2. The molecule has 0 amide bonds. The van der Waals surface area contributed by atoms with Gasteiger partial charge in [0.05, 0.1) is 13.0 Å². The van der Waals surface area contributed by atoms with Crippen molar-refractivity contribution >= 4 is 11.8 Å². The Labute approximate surface area is 91.2 Å². The third-order valence-corrected chi connectivity index (χ3v) is 3.55. The van der Waals surface area contributed by atoms with Crippen molar-refractivity contribution in [3.8, 4) is 0 Å². The molecule has 3 nitrogen and oxygen atoms in total. The number of hydrogen-bond acceptors (Lipinski definition) is 3. The summed E-state index contributed by atoms with van der Waals surface area (Å²) in [5.41, 5.74) is 0. The molecule has 1 rings (SSSR count). The molecule has 0 heterocycles. The van der Waals surface area contributed by atoms with Gasteiger partial charge in [-0.3, -0.25) is 9.59 Å². The molecule has 3 unspecified atom stereocenters. The highest BCUT2D eigenvalue weighted by Gasteiger charge is 2.36. The minimum Gasteiger partial charge on any atom is -0.469 e. The van der Waals surface area contributed by atoms with Gasteiger partial charge >= 0.3 is 5.97 Å². The molecule has 1 aliphatic carbocycles. The maximum absolute atomic E-state index is 11.7. The number of methoxy groups -OCH3 is 1. The van der Waals surface area contributed by atoms with Gasteiger partial charge in [0.2, 0.25) is 0 Å². The highest BCUT2D eigenvalue weighted by atomic mass is 16.5. The maximum atomic E-state index is 11.7. The van der Waals surface area contributed by atoms with E-state index in [1.54, 1.807) is 0 Å². The third-order valence-electron chi connectivity index (χ3n) is 3.55. The van der Waals surface area contributed by atoms with Gasteiger partial charge < -0.3 is 4.74 Å². The lowest BCUT2D eigenvalue weighted by atomic mass is 9.71. The van der Waals surface area contributed by atoms with Gasteiger partial charge in [-0.1, -0.05) is 13.8 Å². The topological polar surface area (TPSA) is 43.4 Å². The van der Waals surface area contributed by atoms with E-state index in [0.717, 1.165) is 19.3 Å². The van der Waals surface area contributed by atoms with E-state index >= 15 is 0 Å². The number of esters is 1. The van der Waals surface area contributed by atoms with Gasteiger partial charge in [-0.2, -0.15) is 0 Å². The van der Waals surface area contributed by atoms with Gasteiger partial charge in [-0.15, -0.1) is 0 Å². The molecule has 0 aromatic rings. The van der Waals surface area contributed by atoms with E-state index in [0.29, 0.717) is 12.2 Å². The largest absolute Gasteiger partial charge is 0.469 e. The van der Waals surface area contributed by atoms with Gasteiger partial charge in [0.1, 0.15) is 5.78 Å². The first kappa shape index (κ1) is 12.2. The minimum atomic E-state index is -0.187. The van der Waals surface area contributed by atoms with Gasteiger partial charge in [0.25, 0.3) is 0 Å². The van der Waals surface area contributed by atoms with Crippen LogP contribution >= 0.6 is 0 Å². The fourth-order valence-corrected chi connectivity index (χ4v) is 2.63. The summed E-state index contributed by atoms with van der Waals surface area (Å²) in [6.07, 6.45) is 3.41. The van der Waals surface area contributed by atoms with E-state index in [1.165, 1.54) is 7.11 Å². The average molecular weight is 212 g/mol. The van der Waals surface area contributed by atoms with Crippen molar-refractivity contribution in [2.75, 3.05) is 7.11 Å². The molecule has 1 aliphatic rings. The lowest BCUT2D eigenvalue weighted by Gasteiger charge is -2.32. The SMILES string of the molecule is CCC1C(=O)CCCC1C(C)C(=O)OC. The standard InChI is InChI=1S/C12H20O3/c1-4-9-10(6-5-7-11(9)13)8(2)12(14)15-3/h8-10H,4-7H2,1-3H3. The van der Waals surface area contributed by atoms with Crippen LogP contribution in [-0.2, 0) is 14.3 Å². The van der Waals surface area contributed by atoms with E-state index in [1.807, 2.05) is 13.8 Å². The predicted molar refractivity (Wildman–Crippen MR) is 57.3 cm³/mol. The molecule has 0 saturated heterocycles. The van der Waals surface area contributed by atoms with Gasteiger partial charge in [0, 0.05) is 12.3 Å². The molecule has 0 spiro atoms. The molecule has 0 bridgehead atoms. The molecule has 1 saturated carbocycles. The normalized spacial score (nSPS) is 28.6. The number of rotatable bonds is 3. The molecular weight excluding hydrogens is 192 g/mol. The fraction of sp³-hybridized carbons (Fsp3) is 0.833. The zero-order valence-corrected chi connectivity index (χ0v) is 9.79. The average Bonchev–Trinajstić information content (AvgIpc) is 2.26. The van der Waals surface area contributed by atoms with E-state index in [9.17, 15) is 9.59 Å². The van der Waals surface area contributed by atoms with Crippen LogP contribution in [0.4, 0.5) is 0 Å². The highest BCUT2D eigenvalue weighted by molar-refractivity contribution is 5.83. The third kappa shape index (κ3) is 2.58. The summed E-state index contributed by atoms with van der Waals surface area (Å²) in [5.74, 6) is 0.235. The van der Waals surface area contributed by atoms with Crippen LogP contribution in [0.1, 0.15) is 39.5 Å². The number of ketones is 1. The lowest BCUT2D eigenvalue weighted by Crippen LogP contribution is -2.35. The summed E-state index contributed by atoms with van der Waals surface area (Å²) in [4.78, 5) is 23.1. The molecule has 0 aliphatic heterocycles.